The first-order chi connectivity index (χ1) is 30.7. The van der Waals surface area contributed by atoms with Gasteiger partial charge in [-0.3, -0.25) is 0 Å². The summed E-state index contributed by atoms with van der Waals surface area (Å²) in [5.41, 5.74) is 19.0. The van der Waals surface area contributed by atoms with Gasteiger partial charge in [0.1, 0.15) is 11.2 Å². The zero-order valence-corrected chi connectivity index (χ0v) is 33.5. The predicted octanol–water partition coefficient (Wildman–Crippen LogP) is 14.4. The number of fused-ring (bicyclic) bond motifs is 13. The molecule has 2 aliphatic rings. The van der Waals surface area contributed by atoms with Crippen molar-refractivity contribution in [2.75, 3.05) is 0 Å². The van der Waals surface area contributed by atoms with Gasteiger partial charge in [0.2, 0.25) is 0 Å². The van der Waals surface area contributed by atoms with Crippen LogP contribution in [-0.4, -0.2) is 15.0 Å². The highest BCUT2D eigenvalue weighted by molar-refractivity contribution is 6.09. The van der Waals surface area contributed by atoms with Crippen LogP contribution in [0.2, 0.25) is 0 Å². The summed E-state index contributed by atoms with van der Waals surface area (Å²) < 4.78 is 6.45. The molecule has 11 aromatic rings. The molecule has 0 unspecified atom stereocenters. The Kier molecular flexibility index (Phi) is 7.49. The summed E-state index contributed by atoms with van der Waals surface area (Å²) >= 11 is 0. The highest BCUT2D eigenvalue weighted by Gasteiger charge is 2.51. The third kappa shape index (κ3) is 5.04. The lowest BCUT2D eigenvalue weighted by molar-refractivity contribution is 0.669. The van der Waals surface area contributed by atoms with Crippen molar-refractivity contribution in [1.82, 2.24) is 15.0 Å². The van der Waals surface area contributed by atoms with E-state index in [4.69, 9.17) is 19.4 Å². The number of hydrogen-bond donors (Lipinski definition) is 0. The zero-order chi connectivity index (χ0) is 40.8. The van der Waals surface area contributed by atoms with Gasteiger partial charge in [-0.25, -0.2) is 15.0 Å². The number of furan rings is 1. The van der Waals surface area contributed by atoms with Gasteiger partial charge >= 0.3 is 0 Å². The normalized spacial score (nSPS) is 13.0. The molecule has 0 saturated carbocycles. The number of rotatable bonds is 5. The Morgan fingerprint density at radius 3 is 1.42 bits per heavy atom. The summed E-state index contributed by atoms with van der Waals surface area (Å²) in [5.74, 6) is 1.77. The molecule has 0 bridgehead atoms. The van der Waals surface area contributed by atoms with Gasteiger partial charge in [0.05, 0.1) is 11.0 Å². The van der Waals surface area contributed by atoms with E-state index >= 15 is 0 Å². The lowest BCUT2D eigenvalue weighted by Crippen LogP contribution is -2.25. The molecule has 13 rings (SSSR count). The van der Waals surface area contributed by atoms with Crippen LogP contribution in [0.15, 0.2) is 217 Å². The van der Waals surface area contributed by atoms with E-state index in [0.29, 0.717) is 17.5 Å². The Morgan fingerprint density at radius 2 is 0.742 bits per heavy atom. The van der Waals surface area contributed by atoms with E-state index in [1.165, 1.54) is 50.1 Å². The number of benzene rings is 9. The summed E-state index contributed by atoms with van der Waals surface area (Å²) in [6, 6.07) is 75.8. The third-order valence-corrected chi connectivity index (χ3v) is 13.0. The first-order valence-electron chi connectivity index (χ1n) is 21.1. The Balaban J connectivity index is 0.928. The SMILES string of the molecule is c1ccc(-c2nc(-c3cccc(-c4cccc(-c5ccc6c(c5)C5(c7ccccc7-c7ccccc75)c5ccccc5-6)c4)c3)nc(-c3cccc4c3oc3ccccc34)n2)cc1. The number of para-hydroxylation sites is 2. The maximum Gasteiger partial charge on any atom is 0.167 e. The Labute approximate surface area is 358 Å². The van der Waals surface area contributed by atoms with Gasteiger partial charge in [0.25, 0.3) is 0 Å². The molecule has 62 heavy (non-hydrogen) atoms. The van der Waals surface area contributed by atoms with E-state index in [-0.39, 0.29) is 5.41 Å². The average Bonchev–Trinajstić information content (AvgIpc) is 3.98. The van der Waals surface area contributed by atoms with Crippen molar-refractivity contribution in [3.63, 3.8) is 0 Å². The van der Waals surface area contributed by atoms with Crippen molar-refractivity contribution < 1.29 is 4.42 Å². The molecule has 2 heterocycles. The molecule has 0 saturated heterocycles. The van der Waals surface area contributed by atoms with E-state index in [2.05, 4.69) is 152 Å². The molecule has 0 amide bonds. The molecule has 1 spiro atoms. The van der Waals surface area contributed by atoms with Crippen LogP contribution in [0, 0.1) is 0 Å². The minimum atomic E-state index is -0.390. The van der Waals surface area contributed by atoms with E-state index in [1.807, 2.05) is 60.7 Å². The van der Waals surface area contributed by atoms with E-state index < -0.39 is 0 Å². The van der Waals surface area contributed by atoms with Crippen LogP contribution in [0.1, 0.15) is 22.3 Å². The summed E-state index contributed by atoms with van der Waals surface area (Å²) in [6.07, 6.45) is 0. The van der Waals surface area contributed by atoms with Gasteiger partial charge in [-0.2, -0.15) is 0 Å². The van der Waals surface area contributed by atoms with Gasteiger partial charge in [0.15, 0.2) is 17.5 Å². The van der Waals surface area contributed by atoms with Crippen molar-refractivity contribution in [3.05, 3.63) is 235 Å². The van der Waals surface area contributed by atoms with E-state index in [9.17, 15) is 0 Å². The number of hydrogen-bond acceptors (Lipinski definition) is 4. The van der Waals surface area contributed by atoms with Crippen molar-refractivity contribution >= 4 is 21.9 Å². The smallest absolute Gasteiger partial charge is 0.167 e. The summed E-state index contributed by atoms with van der Waals surface area (Å²) in [6.45, 7) is 0. The Morgan fingerprint density at radius 1 is 0.290 bits per heavy atom. The molecule has 0 atom stereocenters. The monoisotopic (exact) mass is 789 g/mol. The highest BCUT2D eigenvalue weighted by atomic mass is 16.3. The quantitative estimate of drug-likeness (QED) is 0.174. The van der Waals surface area contributed by atoms with Crippen LogP contribution in [0.25, 0.3) is 101 Å². The molecule has 0 N–H and O–H groups in total. The topological polar surface area (TPSA) is 51.8 Å². The Hall–Kier alpha value is -8.21. The van der Waals surface area contributed by atoms with Gasteiger partial charge in [0, 0.05) is 21.9 Å². The fourth-order valence-corrected chi connectivity index (χ4v) is 10.3. The van der Waals surface area contributed by atoms with Crippen LogP contribution in [0.3, 0.4) is 0 Å². The second kappa shape index (κ2) is 13.4. The van der Waals surface area contributed by atoms with Crippen LogP contribution in [0.4, 0.5) is 0 Å². The standard InChI is InChI=1S/C58H35N3O/c1-2-15-36(16-3-1)55-59-56(61-57(60-55)48-26-14-25-47-46-24-7-11-30-53(46)62-54(47)48)41-20-13-19-39(34-41)37-17-12-18-38(33-37)40-31-32-45-44-23-6-10-29-51(44)58(52(45)35-40)49-27-8-4-21-42(49)43-22-5-9-28-50(43)58/h1-35H. The van der Waals surface area contributed by atoms with Gasteiger partial charge < -0.3 is 4.42 Å². The average molecular weight is 790 g/mol. The maximum absolute atomic E-state index is 6.45. The second-order valence-electron chi connectivity index (χ2n) is 16.3. The zero-order valence-electron chi connectivity index (χ0n) is 33.5. The molecule has 9 aromatic carbocycles. The lowest BCUT2D eigenvalue weighted by atomic mass is 9.70. The molecule has 0 fully saturated rings. The summed E-state index contributed by atoms with van der Waals surface area (Å²) in [4.78, 5) is 15.3. The minimum Gasteiger partial charge on any atom is -0.455 e. The molecule has 4 heteroatoms. The second-order valence-corrected chi connectivity index (χ2v) is 16.3. The molecule has 0 aliphatic heterocycles. The van der Waals surface area contributed by atoms with Crippen molar-refractivity contribution in [1.29, 1.82) is 0 Å². The lowest BCUT2D eigenvalue weighted by Gasteiger charge is -2.30. The van der Waals surface area contributed by atoms with Gasteiger partial charge in [-0.15, -0.1) is 0 Å². The molecular weight excluding hydrogens is 755 g/mol. The first kappa shape index (κ1) is 34.6. The van der Waals surface area contributed by atoms with Crippen LogP contribution in [-0.2, 0) is 5.41 Å². The van der Waals surface area contributed by atoms with Gasteiger partial charge in [-0.05, 0) is 97.1 Å². The third-order valence-electron chi connectivity index (χ3n) is 13.0. The molecule has 4 nitrogen and oxygen atoms in total. The fraction of sp³-hybridized carbons (Fsp3) is 0.0172. The maximum atomic E-state index is 6.45. The molecule has 2 aromatic heterocycles. The van der Waals surface area contributed by atoms with Crippen LogP contribution in [0.5, 0.6) is 0 Å². The number of aromatic nitrogens is 3. The summed E-state index contributed by atoms with van der Waals surface area (Å²) in [5, 5.41) is 2.10. The van der Waals surface area contributed by atoms with E-state index in [0.717, 1.165) is 55.3 Å². The van der Waals surface area contributed by atoms with Gasteiger partial charge in [-0.1, -0.05) is 182 Å². The van der Waals surface area contributed by atoms with Crippen molar-refractivity contribution in [2.24, 2.45) is 0 Å². The Bertz CT molecular complexity index is 3540. The van der Waals surface area contributed by atoms with Crippen molar-refractivity contribution in [2.45, 2.75) is 5.41 Å². The summed E-state index contributed by atoms with van der Waals surface area (Å²) in [7, 11) is 0. The fourth-order valence-electron chi connectivity index (χ4n) is 10.3. The first-order valence-corrected chi connectivity index (χ1v) is 21.1. The minimum absolute atomic E-state index is 0.390. The van der Waals surface area contributed by atoms with Crippen LogP contribution < -0.4 is 0 Å². The highest BCUT2D eigenvalue weighted by Crippen LogP contribution is 2.63. The van der Waals surface area contributed by atoms with Crippen molar-refractivity contribution in [3.8, 4) is 78.7 Å². The van der Waals surface area contributed by atoms with E-state index in [1.54, 1.807) is 0 Å². The molecule has 2 aliphatic carbocycles. The molecule has 0 radical (unpaired) electrons. The number of nitrogens with zero attached hydrogens (tertiary/aromatic N) is 3. The van der Waals surface area contributed by atoms with Crippen LogP contribution >= 0.6 is 0 Å². The predicted molar refractivity (Wildman–Crippen MR) is 251 cm³/mol. The largest absolute Gasteiger partial charge is 0.455 e. The molecular formula is C58H35N3O. The molecule has 288 valence electrons.